The molecule has 2 atom stereocenters. The topological polar surface area (TPSA) is 82.4 Å². The van der Waals surface area contributed by atoms with Gasteiger partial charge in [-0.3, -0.25) is 4.79 Å². The third-order valence-corrected chi connectivity index (χ3v) is 7.17. The van der Waals surface area contributed by atoms with Crippen LogP contribution in [0.2, 0.25) is 0 Å². The van der Waals surface area contributed by atoms with Gasteiger partial charge in [-0.15, -0.1) is 5.10 Å². The minimum absolute atomic E-state index is 0.0458. The van der Waals surface area contributed by atoms with E-state index < -0.39 is 0 Å². The molecule has 1 saturated carbocycles. The van der Waals surface area contributed by atoms with Crippen LogP contribution in [-0.4, -0.2) is 57.8 Å². The zero-order valence-electron chi connectivity index (χ0n) is 20.4. The molecule has 0 unspecified atom stereocenters. The van der Waals surface area contributed by atoms with Crippen molar-refractivity contribution < 1.29 is 14.3 Å². The number of ether oxygens (including phenoxy) is 2. The first-order valence-electron chi connectivity index (χ1n) is 11.6. The van der Waals surface area contributed by atoms with Gasteiger partial charge in [-0.25, -0.2) is 4.68 Å². The molecule has 2 heterocycles. The molecular weight excluding hydrogens is 430 g/mol. The molecule has 1 amide bonds. The third kappa shape index (κ3) is 4.02. The first kappa shape index (κ1) is 22.4. The Morgan fingerprint density at radius 3 is 2.59 bits per heavy atom. The normalized spacial score (nSPS) is 23.1. The number of tetrazole rings is 1. The molecule has 2 fully saturated rings. The Labute approximate surface area is 199 Å². The molecule has 2 bridgehead atoms. The zero-order chi connectivity index (χ0) is 24.1. The summed E-state index contributed by atoms with van der Waals surface area (Å²) in [7, 11) is 3.26. The van der Waals surface area contributed by atoms with Crippen molar-refractivity contribution in [2.45, 2.75) is 46.1 Å². The van der Waals surface area contributed by atoms with Gasteiger partial charge in [-0.2, -0.15) is 0 Å². The number of aromatic nitrogens is 4. The summed E-state index contributed by atoms with van der Waals surface area (Å²) in [6, 6.07) is 11.6. The number of rotatable bonds is 5. The van der Waals surface area contributed by atoms with E-state index in [1.54, 1.807) is 18.9 Å². The van der Waals surface area contributed by atoms with Crippen LogP contribution in [0.15, 0.2) is 42.7 Å². The number of hydrogen-bond donors (Lipinski definition) is 0. The average molecular weight is 462 g/mol. The van der Waals surface area contributed by atoms with Gasteiger partial charge in [0.1, 0.15) is 17.8 Å². The predicted octanol–water partition coefficient (Wildman–Crippen LogP) is 4.39. The number of carbonyl (C=O) groups excluding carboxylic acids is 1. The van der Waals surface area contributed by atoms with Crippen LogP contribution in [0.25, 0.3) is 16.8 Å². The fourth-order valence-electron chi connectivity index (χ4n) is 6.20. The van der Waals surface area contributed by atoms with Crippen molar-refractivity contribution in [3.8, 4) is 28.3 Å². The monoisotopic (exact) mass is 461 g/mol. The van der Waals surface area contributed by atoms with E-state index in [1.807, 2.05) is 36.4 Å². The quantitative estimate of drug-likeness (QED) is 0.561. The van der Waals surface area contributed by atoms with Gasteiger partial charge in [-0.1, -0.05) is 20.8 Å². The van der Waals surface area contributed by atoms with Crippen molar-refractivity contribution in [2.75, 3.05) is 20.8 Å². The van der Waals surface area contributed by atoms with Gasteiger partial charge in [0.15, 0.2) is 0 Å². The molecule has 8 nitrogen and oxygen atoms in total. The molecule has 2 aromatic carbocycles. The second-order valence-electron chi connectivity index (χ2n) is 10.7. The molecule has 1 aliphatic carbocycles. The molecule has 5 rings (SSSR count). The van der Waals surface area contributed by atoms with E-state index in [4.69, 9.17) is 9.47 Å². The average Bonchev–Trinajstić information content (AvgIpc) is 3.43. The number of benzene rings is 2. The highest BCUT2D eigenvalue weighted by atomic mass is 16.5. The number of carbonyl (C=O) groups is 1. The van der Waals surface area contributed by atoms with Crippen LogP contribution in [0.3, 0.4) is 0 Å². The standard InChI is InChI=1S/C26H31N5O3/c1-25(2)12-20-13-26(3,14-25)15-30(20)24(32)18-8-17(9-19(10-18)31-16-27-28-29-31)22-11-21(33-4)6-7-23(22)34-5/h6-11,16,20H,12-15H2,1-5H3/t20-,26-/m1/s1. The molecule has 0 radical (unpaired) electrons. The number of methoxy groups -OCH3 is 2. The molecule has 178 valence electrons. The molecule has 0 spiro atoms. The molecule has 2 aliphatic rings. The molecule has 1 aromatic heterocycles. The molecular formula is C26H31N5O3. The minimum atomic E-state index is 0.0458. The maximum atomic E-state index is 13.9. The lowest BCUT2D eigenvalue weighted by atomic mass is 9.65. The summed E-state index contributed by atoms with van der Waals surface area (Å²) in [6.07, 6.45) is 4.75. The van der Waals surface area contributed by atoms with E-state index in [2.05, 4.69) is 41.2 Å². The van der Waals surface area contributed by atoms with E-state index in [9.17, 15) is 4.79 Å². The molecule has 1 aliphatic heterocycles. The van der Waals surface area contributed by atoms with Crippen LogP contribution >= 0.6 is 0 Å². The van der Waals surface area contributed by atoms with Crippen molar-refractivity contribution >= 4 is 5.91 Å². The van der Waals surface area contributed by atoms with E-state index in [-0.39, 0.29) is 22.8 Å². The van der Waals surface area contributed by atoms with Crippen molar-refractivity contribution in [3.05, 3.63) is 48.3 Å². The highest BCUT2D eigenvalue weighted by Gasteiger charge is 2.51. The highest BCUT2D eigenvalue weighted by molar-refractivity contribution is 5.97. The smallest absolute Gasteiger partial charge is 0.254 e. The van der Waals surface area contributed by atoms with Gasteiger partial charge in [0, 0.05) is 23.7 Å². The fraction of sp³-hybridized carbons (Fsp3) is 0.462. The Morgan fingerprint density at radius 1 is 1.06 bits per heavy atom. The van der Waals surface area contributed by atoms with Gasteiger partial charge in [0.25, 0.3) is 5.91 Å². The van der Waals surface area contributed by atoms with Crippen LogP contribution in [0.1, 0.15) is 50.4 Å². The second kappa shape index (κ2) is 8.11. The fourth-order valence-corrected chi connectivity index (χ4v) is 6.20. The number of likely N-dealkylation sites (tertiary alicyclic amines) is 1. The minimum Gasteiger partial charge on any atom is -0.497 e. The maximum Gasteiger partial charge on any atom is 0.254 e. The Morgan fingerprint density at radius 2 is 1.88 bits per heavy atom. The van der Waals surface area contributed by atoms with E-state index >= 15 is 0 Å². The summed E-state index contributed by atoms with van der Waals surface area (Å²) in [5.41, 5.74) is 3.39. The van der Waals surface area contributed by atoms with Crippen LogP contribution in [0.5, 0.6) is 11.5 Å². The van der Waals surface area contributed by atoms with Crippen molar-refractivity contribution in [1.29, 1.82) is 0 Å². The number of fused-ring (bicyclic) bond motifs is 2. The largest absolute Gasteiger partial charge is 0.497 e. The maximum absolute atomic E-state index is 13.9. The van der Waals surface area contributed by atoms with Crippen LogP contribution in [0, 0.1) is 10.8 Å². The summed E-state index contributed by atoms with van der Waals surface area (Å²) in [6.45, 7) is 7.73. The van der Waals surface area contributed by atoms with Crippen molar-refractivity contribution in [3.63, 3.8) is 0 Å². The lowest BCUT2D eigenvalue weighted by molar-refractivity contribution is 0.0708. The zero-order valence-corrected chi connectivity index (χ0v) is 20.4. The van der Waals surface area contributed by atoms with Gasteiger partial charge in [0.2, 0.25) is 0 Å². The summed E-state index contributed by atoms with van der Waals surface area (Å²) in [5, 5.41) is 11.6. The number of nitrogens with zero attached hydrogens (tertiary/aromatic N) is 5. The summed E-state index contributed by atoms with van der Waals surface area (Å²) in [5.74, 6) is 1.45. The Bertz CT molecular complexity index is 1220. The van der Waals surface area contributed by atoms with Gasteiger partial charge < -0.3 is 14.4 Å². The summed E-state index contributed by atoms with van der Waals surface area (Å²) in [4.78, 5) is 16.0. The van der Waals surface area contributed by atoms with Crippen molar-refractivity contribution in [2.24, 2.45) is 10.8 Å². The molecule has 34 heavy (non-hydrogen) atoms. The Balaban J connectivity index is 1.60. The van der Waals surface area contributed by atoms with Crippen molar-refractivity contribution in [1.82, 2.24) is 25.1 Å². The second-order valence-corrected chi connectivity index (χ2v) is 10.7. The molecule has 0 N–H and O–H groups in total. The van der Waals surface area contributed by atoms with Crippen LogP contribution < -0.4 is 9.47 Å². The van der Waals surface area contributed by atoms with Crippen LogP contribution in [0.4, 0.5) is 0 Å². The Kier molecular flexibility index (Phi) is 5.34. The highest BCUT2D eigenvalue weighted by Crippen LogP contribution is 2.52. The van der Waals surface area contributed by atoms with E-state index in [1.165, 1.54) is 6.33 Å². The molecule has 8 heteroatoms. The first-order chi connectivity index (χ1) is 16.2. The number of hydrogen-bond acceptors (Lipinski definition) is 6. The van der Waals surface area contributed by atoms with Gasteiger partial charge >= 0.3 is 0 Å². The SMILES string of the molecule is COc1ccc(OC)c(-c2cc(C(=O)N3C[C@]4(C)C[C@H]3CC(C)(C)C4)cc(-n3cnnn3)c2)c1. The van der Waals surface area contributed by atoms with E-state index in [0.717, 1.165) is 36.9 Å². The number of amides is 1. The van der Waals surface area contributed by atoms with E-state index in [0.29, 0.717) is 22.7 Å². The van der Waals surface area contributed by atoms with Gasteiger partial charge in [-0.05, 0) is 82.5 Å². The van der Waals surface area contributed by atoms with Crippen LogP contribution in [-0.2, 0) is 0 Å². The van der Waals surface area contributed by atoms with Gasteiger partial charge in [0.05, 0.1) is 19.9 Å². The first-order valence-corrected chi connectivity index (χ1v) is 11.6. The molecule has 1 saturated heterocycles. The summed E-state index contributed by atoms with van der Waals surface area (Å²) >= 11 is 0. The Hall–Kier alpha value is -3.42. The third-order valence-electron chi connectivity index (χ3n) is 7.17. The lowest BCUT2D eigenvalue weighted by Crippen LogP contribution is -2.37. The lowest BCUT2D eigenvalue weighted by Gasteiger charge is -2.39. The molecule has 3 aromatic rings. The summed E-state index contributed by atoms with van der Waals surface area (Å²) < 4.78 is 12.6. The predicted molar refractivity (Wildman–Crippen MR) is 128 cm³/mol.